The van der Waals surface area contributed by atoms with Crippen LogP contribution in [0.15, 0.2) is 0 Å². The Morgan fingerprint density at radius 3 is 1.00 bits per heavy atom. The lowest BCUT2D eigenvalue weighted by molar-refractivity contribution is 0.189. The summed E-state index contributed by atoms with van der Waals surface area (Å²) in [4.78, 5) is 0. The largest absolute Gasteiger partial charge is 0.0683 e. The van der Waals surface area contributed by atoms with Crippen molar-refractivity contribution in [1.29, 1.82) is 0 Å². The maximum Gasteiger partial charge on any atom is -0.0391 e. The first kappa shape index (κ1) is 14.0. The van der Waals surface area contributed by atoms with Crippen molar-refractivity contribution in [1.82, 2.24) is 0 Å². The molecule has 86 valence electrons. The van der Waals surface area contributed by atoms with E-state index in [-0.39, 0.29) is 0 Å². The van der Waals surface area contributed by atoms with E-state index in [2.05, 4.69) is 27.7 Å². The van der Waals surface area contributed by atoms with Crippen LogP contribution in [-0.2, 0) is 0 Å². The van der Waals surface area contributed by atoms with E-state index in [1.165, 1.54) is 25.7 Å². The summed E-state index contributed by atoms with van der Waals surface area (Å²) in [6, 6.07) is 0. The van der Waals surface area contributed by atoms with E-state index in [9.17, 15) is 0 Å². The molecule has 0 atom stereocenters. The summed E-state index contributed by atoms with van der Waals surface area (Å²) in [6.07, 6.45) is 5.95. The predicted octanol–water partition coefficient (Wildman–Crippen LogP) is 5.13. The van der Waals surface area contributed by atoms with Gasteiger partial charge in [-0.05, 0) is 49.4 Å². The van der Waals surface area contributed by atoms with E-state index < -0.39 is 0 Å². The van der Waals surface area contributed by atoms with Gasteiger partial charge in [0.2, 0.25) is 0 Å². The van der Waals surface area contributed by atoms with Gasteiger partial charge in [0.1, 0.15) is 0 Å². The smallest absolute Gasteiger partial charge is 0.0391 e. The molecule has 0 saturated heterocycles. The Kier molecular flexibility index (Phi) is 7.31. The van der Waals surface area contributed by atoms with Crippen molar-refractivity contribution in [3.8, 4) is 0 Å². The molecule has 0 heterocycles. The molecule has 0 N–H and O–H groups in total. The summed E-state index contributed by atoms with van der Waals surface area (Å²) in [5, 5.41) is 0. The van der Waals surface area contributed by atoms with Crippen LogP contribution in [-0.4, -0.2) is 0 Å². The van der Waals surface area contributed by atoms with Gasteiger partial charge in [-0.15, -0.1) is 0 Å². The molecule has 1 aliphatic rings. The second kappa shape index (κ2) is 7.31. The Hall–Kier alpha value is 0. The van der Waals surface area contributed by atoms with E-state index in [1.807, 2.05) is 13.8 Å². The average molecular weight is 198 g/mol. The van der Waals surface area contributed by atoms with Crippen LogP contribution in [0.4, 0.5) is 0 Å². The van der Waals surface area contributed by atoms with Gasteiger partial charge in [0.25, 0.3) is 0 Å². The molecule has 0 amide bonds. The minimum atomic E-state index is 0.915. The van der Waals surface area contributed by atoms with Gasteiger partial charge in [0.05, 0.1) is 0 Å². The van der Waals surface area contributed by atoms with Gasteiger partial charge >= 0.3 is 0 Å². The fourth-order valence-corrected chi connectivity index (χ4v) is 2.48. The summed E-state index contributed by atoms with van der Waals surface area (Å²) in [7, 11) is 0. The summed E-state index contributed by atoms with van der Waals surface area (Å²) in [5.41, 5.74) is 0. The molecule has 0 radical (unpaired) electrons. The van der Waals surface area contributed by atoms with Crippen molar-refractivity contribution in [2.75, 3.05) is 0 Å². The molecule has 0 unspecified atom stereocenters. The third kappa shape index (κ3) is 4.48. The number of hydrogen-bond donors (Lipinski definition) is 0. The molecule has 0 aliphatic heterocycles. The Labute approximate surface area is 91.5 Å². The molecule has 1 aliphatic carbocycles. The van der Waals surface area contributed by atoms with Crippen molar-refractivity contribution in [2.24, 2.45) is 23.7 Å². The monoisotopic (exact) mass is 198 g/mol. The maximum absolute atomic E-state index is 2.38. The Bertz CT molecular complexity index is 100. The summed E-state index contributed by atoms with van der Waals surface area (Å²) < 4.78 is 0. The molecule has 0 aromatic heterocycles. The summed E-state index contributed by atoms with van der Waals surface area (Å²) in [5.74, 6) is 3.89. The molecular formula is C14H30. The average Bonchev–Trinajstić information content (AvgIpc) is 2.21. The molecule has 0 heteroatoms. The van der Waals surface area contributed by atoms with E-state index in [1.54, 1.807) is 0 Å². The first-order valence-electron chi connectivity index (χ1n) is 6.61. The highest BCUT2D eigenvalue weighted by Gasteiger charge is 2.24. The fraction of sp³-hybridized carbons (Fsp3) is 1.00. The Morgan fingerprint density at radius 1 is 0.643 bits per heavy atom. The zero-order chi connectivity index (χ0) is 11.1. The second-order valence-electron chi connectivity index (χ2n) is 5.16. The minimum Gasteiger partial charge on any atom is -0.0683 e. The number of rotatable bonds is 2. The van der Waals surface area contributed by atoms with E-state index in [0.29, 0.717) is 0 Å². The van der Waals surface area contributed by atoms with Crippen LogP contribution < -0.4 is 0 Å². The molecular weight excluding hydrogens is 168 g/mol. The van der Waals surface area contributed by atoms with Gasteiger partial charge in [-0.3, -0.25) is 0 Å². The lowest BCUT2D eigenvalue weighted by Gasteiger charge is -2.32. The molecule has 0 spiro atoms. The van der Waals surface area contributed by atoms with Crippen molar-refractivity contribution in [3.05, 3.63) is 0 Å². The van der Waals surface area contributed by atoms with Crippen molar-refractivity contribution >= 4 is 0 Å². The van der Waals surface area contributed by atoms with E-state index in [4.69, 9.17) is 0 Å². The topological polar surface area (TPSA) is 0 Å². The third-order valence-electron chi connectivity index (χ3n) is 3.70. The first-order valence-corrected chi connectivity index (χ1v) is 6.61. The van der Waals surface area contributed by atoms with Gasteiger partial charge in [-0.1, -0.05) is 41.5 Å². The molecule has 0 aromatic rings. The fourth-order valence-electron chi connectivity index (χ4n) is 2.48. The van der Waals surface area contributed by atoms with Crippen molar-refractivity contribution in [2.45, 2.75) is 67.2 Å². The summed E-state index contributed by atoms with van der Waals surface area (Å²) >= 11 is 0. The van der Waals surface area contributed by atoms with Gasteiger partial charge in [0.15, 0.2) is 0 Å². The first-order chi connectivity index (χ1) is 6.61. The van der Waals surface area contributed by atoms with Crippen LogP contribution in [0.3, 0.4) is 0 Å². The van der Waals surface area contributed by atoms with E-state index >= 15 is 0 Å². The normalized spacial score (nSPS) is 27.4. The lowest BCUT2D eigenvalue weighted by atomic mass is 9.73. The molecule has 0 bridgehead atoms. The highest BCUT2D eigenvalue weighted by molar-refractivity contribution is 4.75. The molecule has 1 saturated carbocycles. The van der Waals surface area contributed by atoms with E-state index in [0.717, 1.165) is 23.7 Å². The van der Waals surface area contributed by atoms with Crippen LogP contribution in [0, 0.1) is 23.7 Å². The lowest BCUT2D eigenvalue weighted by Crippen LogP contribution is -2.21. The highest BCUT2D eigenvalue weighted by Crippen LogP contribution is 2.36. The SMILES string of the molecule is CC.CC(C)C1CCC(C(C)C)CC1. The zero-order valence-electron chi connectivity index (χ0n) is 11.1. The molecule has 0 nitrogen and oxygen atoms in total. The Morgan fingerprint density at radius 2 is 0.857 bits per heavy atom. The predicted molar refractivity (Wildman–Crippen MR) is 66.5 cm³/mol. The van der Waals surface area contributed by atoms with Gasteiger partial charge < -0.3 is 0 Å². The van der Waals surface area contributed by atoms with Crippen LogP contribution in [0.2, 0.25) is 0 Å². The minimum absolute atomic E-state index is 0.915. The van der Waals surface area contributed by atoms with Crippen LogP contribution in [0.1, 0.15) is 67.2 Å². The Balaban J connectivity index is 0.000000791. The van der Waals surface area contributed by atoms with Crippen LogP contribution >= 0.6 is 0 Å². The quantitative estimate of drug-likeness (QED) is 0.577. The van der Waals surface area contributed by atoms with Crippen molar-refractivity contribution in [3.63, 3.8) is 0 Å². The third-order valence-corrected chi connectivity index (χ3v) is 3.70. The molecule has 14 heavy (non-hydrogen) atoms. The van der Waals surface area contributed by atoms with Gasteiger partial charge in [0, 0.05) is 0 Å². The van der Waals surface area contributed by atoms with Crippen LogP contribution in [0.5, 0.6) is 0 Å². The zero-order valence-corrected chi connectivity index (χ0v) is 11.1. The second-order valence-corrected chi connectivity index (χ2v) is 5.16. The standard InChI is InChI=1S/C12H24.C2H6/c1-9(2)11-5-7-12(8-6-11)10(3)4;1-2/h9-12H,5-8H2,1-4H3;1-2H3. The highest BCUT2D eigenvalue weighted by atomic mass is 14.3. The van der Waals surface area contributed by atoms with Crippen molar-refractivity contribution < 1.29 is 0 Å². The summed E-state index contributed by atoms with van der Waals surface area (Å²) in [6.45, 7) is 13.5. The molecule has 1 fully saturated rings. The number of hydrogen-bond acceptors (Lipinski definition) is 0. The van der Waals surface area contributed by atoms with Gasteiger partial charge in [-0.2, -0.15) is 0 Å². The molecule has 1 rings (SSSR count). The van der Waals surface area contributed by atoms with Crippen LogP contribution in [0.25, 0.3) is 0 Å². The molecule has 0 aromatic carbocycles. The van der Waals surface area contributed by atoms with Gasteiger partial charge in [-0.25, -0.2) is 0 Å². The maximum atomic E-state index is 2.38.